The monoisotopic (exact) mass is 520 g/mol. The first kappa shape index (κ1) is 26.2. The van der Waals surface area contributed by atoms with Crippen LogP contribution >= 0.6 is 0 Å². The van der Waals surface area contributed by atoms with Crippen LogP contribution in [0.3, 0.4) is 0 Å². The van der Waals surface area contributed by atoms with Crippen molar-refractivity contribution in [1.29, 1.82) is 0 Å². The number of hydrogen-bond donors (Lipinski definition) is 2. The van der Waals surface area contributed by atoms with Gasteiger partial charge in [-0.1, -0.05) is 35.9 Å². The van der Waals surface area contributed by atoms with Gasteiger partial charge in [0.2, 0.25) is 5.95 Å². The van der Waals surface area contributed by atoms with E-state index in [-0.39, 0.29) is 17.6 Å². The minimum absolute atomic E-state index is 0.148. The van der Waals surface area contributed by atoms with Crippen molar-refractivity contribution in [3.63, 3.8) is 0 Å². The van der Waals surface area contributed by atoms with Gasteiger partial charge in [-0.3, -0.25) is 14.3 Å². The number of carbonyl (C=O) groups is 2. The van der Waals surface area contributed by atoms with E-state index in [9.17, 15) is 9.59 Å². The molecule has 1 aliphatic rings. The number of aryl methyl sites for hydroxylation is 2. The summed E-state index contributed by atoms with van der Waals surface area (Å²) in [5, 5.41) is 11.0. The van der Waals surface area contributed by atoms with Gasteiger partial charge in [-0.2, -0.15) is 5.10 Å². The number of carbonyl (C=O) groups excluding carboxylic acids is 2. The minimum Gasteiger partial charge on any atom is -0.324 e. The lowest BCUT2D eigenvalue weighted by molar-refractivity contribution is -0.116. The predicted octanol–water partition coefficient (Wildman–Crippen LogP) is 5.48. The van der Waals surface area contributed by atoms with E-state index >= 15 is 0 Å². The van der Waals surface area contributed by atoms with Crippen molar-refractivity contribution in [2.24, 2.45) is 0 Å². The maximum Gasteiger partial charge on any atom is 0.227 e. The summed E-state index contributed by atoms with van der Waals surface area (Å²) in [5.74, 6) is 0.158. The first-order valence-electron chi connectivity index (χ1n) is 13.1. The Balaban J connectivity index is 1.31. The third-order valence-corrected chi connectivity index (χ3v) is 6.85. The highest BCUT2D eigenvalue weighted by atomic mass is 16.1. The van der Waals surface area contributed by atoms with Gasteiger partial charge in [0.1, 0.15) is 0 Å². The largest absolute Gasteiger partial charge is 0.324 e. The van der Waals surface area contributed by atoms with Crippen LogP contribution in [-0.4, -0.2) is 37.9 Å². The van der Waals surface area contributed by atoms with Crippen molar-refractivity contribution in [2.75, 3.05) is 11.9 Å². The molecule has 4 aromatic rings. The molecular formula is C31H32N6O2. The van der Waals surface area contributed by atoms with Gasteiger partial charge >= 0.3 is 0 Å². The molecular weight excluding hydrogens is 488 g/mol. The molecule has 0 bridgehead atoms. The Kier molecular flexibility index (Phi) is 7.47. The maximum absolute atomic E-state index is 13.0. The van der Waals surface area contributed by atoms with Gasteiger partial charge in [0.05, 0.1) is 17.9 Å². The van der Waals surface area contributed by atoms with Crippen LogP contribution in [0.15, 0.2) is 73.2 Å². The second-order valence-corrected chi connectivity index (χ2v) is 10.2. The Morgan fingerprint density at radius 1 is 1.08 bits per heavy atom. The van der Waals surface area contributed by atoms with Crippen molar-refractivity contribution in [2.45, 2.75) is 46.2 Å². The molecule has 2 N–H and O–H groups in total. The van der Waals surface area contributed by atoms with Crippen molar-refractivity contribution >= 4 is 23.2 Å². The molecule has 8 nitrogen and oxygen atoms in total. The van der Waals surface area contributed by atoms with E-state index in [0.29, 0.717) is 18.1 Å². The van der Waals surface area contributed by atoms with Crippen LogP contribution in [0, 0.1) is 13.8 Å². The number of anilines is 2. The van der Waals surface area contributed by atoms with Gasteiger partial charge in [-0.05, 0) is 75.1 Å². The normalized spacial score (nSPS) is 14.9. The summed E-state index contributed by atoms with van der Waals surface area (Å²) >= 11 is 0. The van der Waals surface area contributed by atoms with Crippen LogP contribution in [0.2, 0.25) is 0 Å². The molecule has 5 rings (SSSR count). The number of nitrogens with one attached hydrogen (secondary N) is 2. The van der Waals surface area contributed by atoms with Crippen LogP contribution < -0.4 is 10.6 Å². The SMILES string of the molecule is Cc1ccc(C(=O)C=CC(=O)C2NCCc3cc(Nc4ncc(C)c(-c5cnn(C(C)C)c5)n4)ccc32)cc1. The Bertz CT molecular complexity index is 1550. The van der Waals surface area contributed by atoms with E-state index in [1.807, 2.05) is 61.3 Å². The van der Waals surface area contributed by atoms with Gasteiger partial charge in [0, 0.05) is 41.8 Å². The topological polar surface area (TPSA) is 102 Å². The molecule has 8 heteroatoms. The van der Waals surface area contributed by atoms with Crippen LogP contribution in [0.25, 0.3) is 11.3 Å². The minimum atomic E-state index is -0.496. The van der Waals surface area contributed by atoms with Gasteiger partial charge in [0.25, 0.3) is 0 Å². The lowest BCUT2D eigenvalue weighted by Crippen LogP contribution is -2.34. The standard InChI is InChI=1S/C31H32N6O2/c1-19(2)37-18-24(17-34-37)29-21(4)16-33-31(36-29)35-25-9-10-26-23(15-25)13-14-32-30(26)28(39)12-11-27(38)22-7-5-20(3)6-8-22/h5-12,15-19,30,32H,13-14H2,1-4H3,(H,33,35,36). The number of fused-ring (bicyclic) bond motifs is 1. The maximum atomic E-state index is 13.0. The Morgan fingerprint density at radius 2 is 1.87 bits per heavy atom. The summed E-state index contributed by atoms with van der Waals surface area (Å²) in [6, 6.07) is 13.0. The first-order valence-corrected chi connectivity index (χ1v) is 13.1. The molecule has 1 atom stereocenters. The molecule has 2 aromatic carbocycles. The van der Waals surface area contributed by atoms with Gasteiger partial charge in [-0.15, -0.1) is 0 Å². The van der Waals surface area contributed by atoms with E-state index in [1.165, 1.54) is 12.2 Å². The molecule has 0 amide bonds. The number of rotatable bonds is 8. The van der Waals surface area contributed by atoms with Crippen molar-refractivity contribution < 1.29 is 9.59 Å². The van der Waals surface area contributed by atoms with Crippen molar-refractivity contribution in [3.8, 4) is 11.3 Å². The lowest BCUT2D eigenvalue weighted by atomic mass is 9.91. The van der Waals surface area contributed by atoms with Gasteiger partial charge in [0.15, 0.2) is 11.6 Å². The number of hydrogen-bond acceptors (Lipinski definition) is 7. The average Bonchev–Trinajstić information content (AvgIpc) is 3.43. The molecule has 0 saturated heterocycles. The highest BCUT2D eigenvalue weighted by molar-refractivity contribution is 6.08. The summed E-state index contributed by atoms with van der Waals surface area (Å²) in [4.78, 5) is 34.7. The second-order valence-electron chi connectivity index (χ2n) is 10.2. The molecule has 1 unspecified atom stereocenters. The Labute approximate surface area is 228 Å². The van der Waals surface area contributed by atoms with Crippen LogP contribution in [0.5, 0.6) is 0 Å². The number of ketones is 2. The average molecular weight is 521 g/mol. The van der Waals surface area contributed by atoms with E-state index in [0.717, 1.165) is 45.6 Å². The molecule has 0 radical (unpaired) electrons. The summed E-state index contributed by atoms with van der Waals surface area (Å²) < 4.78 is 1.91. The number of benzene rings is 2. The predicted molar refractivity (Wildman–Crippen MR) is 152 cm³/mol. The van der Waals surface area contributed by atoms with Gasteiger partial charge < -0.3 is 10.6 Å². The van der Waals surface area contributed by atoms with Crippen LogP contribution in [-0.2, 0) is 11.2 Å². The lowest BCUT2D eigenvalue weighted by Gasteiger charge is -2.25. The van der Waals surface area contributed by atoms with Gasteiger partial charge in [-0.25, -0.2) is 9.97 Å². The smallest absolute Gasteiger partial charge is 0.227 e. The zero-order chi connectivity index (χ0) is 27.5. The fourth-order valence-corrected chi connectivity index (χ4v) is 4.63. The summed E-state index contributed by atoms with van der Waals surface area (Å²) in [6.07, 6.45) is 9.15. The molecule has 39 heavy (non-hydrogen) atoms. The molecule has 198 valence electrons. The first-order chi connectivity index (χ1) is 18.8. The summed E-state index contributed by atoms with van der Waals surface area (Å²) in [5.41, 5.74) is 7.22. The Morgan fingerprint density at radius 3 is 2.62 bits per heavy atom. The third-order valence-electron chi connectivity index (χ3n) is 6.85. The van der Waals surface area contributed by atoms with Crippen LogP contribution in [0.1, 0.15) is 58.5 Å². The fourth-order valence-electron chi connectivity index (χ4n) is 4.63. The fraction of sp³-hybridized carbons (Fsp3) is 0.258. The third kappa shape index (κ3) is 5.86. The molecule has 1 aliphatic heterocycles. The van der Waals surface area contributed by atoms with Crippen LogP contribution in [0.4, 0.5) is 11.6 Å². The molecule has 0 spiro atoms. The number of aromatic nitrogens is 4. The molecule has 3 heterocycles. The molecule has 0 fully saturated rings. The number of allylic oxidation sites excluding steroid dienone is 1. The van der Waals surface area contributed by atoms with Crippen molar-refractivity contribution in [1.82, 2.24) is 25.1 Å². The van der Waals surface area contributed by atoms with Crippen molar-refractivity contribution in [3.05, 3.63) is 101 Å². The second kappa shape index (κ2) is 11.1. The quantitative estimate of drug-likeness (QED) is 0.234. The van der Waals surface area contributed by atoms with E-state index in [4.69, 9.17) is 4.98 Å². The highest BCUT2D eigenvalue weighted by Gasteiger charge is 2.25. The molecule has 0 saturated carbocycles. The molecule has 2 aromatic heterocycles. The van der Waals surface area contributed by atoms with E-state index < -0.39 is 6.04 Å². The summed E-state index contributed by atoms with van der Waals surface area (Å²) in [6.45, 7) is 8.79. The highest BCUT2D eigenvalue weighted by Crippen LogP contribution is 2.29. The Hall–Kier alpha value is -4.43. The zero-order valence-electron chi connectivity index (χ0n) is 22.6. The van der Waals surface area contributed by atoms with E-state index in [1.54, 1.807) is 18.3 Å². The molecule has 0 aliphatic carbocycles. The van der Waals surface area contributed by atoms with E-state index in [2.05, 4.69) is 34.6 Å². The zero-order valence-corrected chi connectivity index (χ0v) is 22.6. The number of nitrogens with zero attached hydrogens (tertiary/aromatic N) is 4. The summed E-state index contributed by atoms with van der Waals surface area (Å²) in [7, 11) is 0.